The minimum absolute atomic E-state index is 0.402. The van der Waals surface area contributed by atoms with Crippen molar-refractivity contribution in [3.05, 3.63) is 38.3 Å². The second kappa shape index (κ2) is 4.37. The standard InChI is InChI=1S/C11H8Br2ClN3/c12-7-2-1-3-8(13)9(7)17-10(6-4-5-6)15-16-11(17)14/h1-3,6H,4-5H2. The molecule has 1 aliphatic carbocycles. The van der Waals surface area contributed by atoms with E-state index in [-0.39, 0.29) is 0 Å². The van der Waals surface area contributed by atoms with Gasteiger partial charge in [-0.3, -0.25) is 4.57 Å². The maximum atomic E-state index is 6.14. The molecule has 3 rings (SSSR count). The summed E-state index contributed by atoms with van der Waals surface area (Å²) in [6.45, 7) is 0. The minimum Gasteiger partial charge on any atom is -0.267 e. The lowest BCUT2D eigenvalue weighted by Crippen LogP contribution is -2.02. The van der Waals surface area contributed by atoms with Crippen molar-refractivity contribution in [2.75, 3.05) is 0 Å². The van der Waals surface area contributed by atoms with Crippen molar-refractivity contribution in [2.45, 2.75) is 18.8 Å². The van der Waals surface area contributed by atoms with Crippen LogP contribution in [0.25, 0.3) is 5.69 Å². The van der Waals surface area contributed by atoms with Crippen LogP contribution in [-0.4, -0.2) is 14.8 Å². The Kier molecular flexibility index (Phi) is 3.00. The van der Waals surface area contributed by atoms with Crippen LogP contribution in [0.15, 0.2) is 27.1 Å². The number of benzene rings is 1. The van der Waals surface area contributed by atoms with Crippen LogP contribution in [0.5, 0.6) is 0 Å². The largest absolute Gasteiger partial charge is 0.267 e. The van der Waals surface area contributed by atoms with E-state index >= 15 is 0 Å². The smallest absolute Gasteiger partial charge is 0.229 e. The molecule has 1 aliphatic rings. The zero-order valence-electron chi connectivity index (χ0n) is 8.70. The molecule has 1 saturated carbocycles. The normalized spacial score (nSPS) is 15.2. The summed E-state index contributed by atoms with van der Waals surface area (Å²) in [6.07, 6.45) is 2.33. The average Bonchev–Trinajstić information content (AvgIpc) is 3.05. The Labute approximate surface area is 120 Å². The van der Waals surface area contributed by atoms with Crippen LogP contribution in [0.3, 0.4) is 0 Å². The van der Waals surface area contributed by atoms with E-state index in [0.717, 1.165) is 33.3 Å². The van der Waals surface area contributed by atoms with Gasteiger partial charge in [-0.2, -0.15) is 0 Å². The van der Waals surface area contributed by atoms with Crippen LogP contribution in [0.4, 0.5) is 0 Å². The Morgan fingerprint density at radius 2 is 1.82 bits per heavy atom. The lowest BCUT2D eigenvalue weighted by molar-refractivity contribution is 0.867. The molecule has 0 spiro atoms. The Hall–Kier alpha value is -0.390. The zero-order valence-corrected chi connectivity index (χ0v) is 12.6. The summed E-state index contributed by atoms with van der Waals surface area (Å²) in [7, 11) is 0. The van der Waals surface area contributed by atoms with E-state index in [9.17, 15) is 0 Å². The maximum absolute atomic E-state index is 6.14. The third-order valence-corrected chi connectivity index (χ3v) is 4.28. The summed E-state index contributed by atoms with van der Waals surface area (Å²) in [6, 6.07) is 5.92. The molecule has 6 heteroatoms. The van der Waals surface area contributed by atoms with E-state index in [1.165, 1.54) is 0 Å². The molecule has 0 atom stereocenters. The lowest BCUT2D eigenvalue weighted by Gasteiger charge is -2.11. The number of hydrogen-bond acceptors (Lipinski definition) is 2. The summed E-state index contributed by atoms with van der Waals surface area (Å²) in [5, 5.41) is 8.55. The fourth-order valence-electron chi connectivity index (χ4n) is 1.79. The third kappa shape index (κ3) is 2.04. The van der Waals surface area contributed by atoms with Crippen LogP contribution in [0, 0.1) is 0 Å². The number of aromatic nitrogens is 3. The molecule has 3 nitrogen and oxygen atoms in total. The highest BCUT2D eigenvalue weighted by atomic mass is 79.9. The van der Waals surface area contributed by atoms with Crippen LogP contribution in [-0.2, 0) is 0 Å². The molecule has 0 unspecified atom stereocenters. The van der Waals surface area contributed by atoms with Crippen molar-refractivity contribution < 1.29 is 0 Å². The Morgan fingerprint density at radius 1 is 1.18 bits per heavy atom. The van der Waals surface area contributed by atoms with Gasteiger partial charge in [-0.05, 0) is 68.4 Å². The molecule has 1 fully saturated rings. The number of para-hydroxylation sites is 1. The fourth-order valence-corrected chi connectivity index (χ4v) is 3.35. The van der Waals surface area contributed by atoms with Crippen molar-refractivity contribution in [1.82, 2.24) is 14.8 Å². The maximum Gasteiger partial charge on any atom is 0.229 e. The summed E-state index contributed by atoms with van der Waals surface area (Å²) in [4.78, 5) is 0. The summed E-state index contributed by atoms with van der Waals surface area (Å²) in [5.41, 5.74) is 0.962. The summed E-state index contributed by atoms with van der Waals surface area (Å²) in [5.74, 6) is 1.44. The van der Waals surface area contributed by atoms with Gasteiger partial charge >= 0.3 is 0 Å². The molecule has 88 valence electrons. The molecule has 0 radical (unpaired) electrons. The second-order valence-corrected chi connectivity index (χ2v) is 6.05. The van der Waals surface area contributed by atoms with Gasteiger partial charge < -0.3 is 0 Å². The van der Waals surface area contributed by atoms with Gasteiger partial charge in [0.15, 0.2) is 0 Å². The van der Waals surface area contributed by atoms with E-state index in [1.54, 1.807) is 0 Å². The number of hydrogen-bond donors (Lipinski definition) is 0. The van der Waals surface area contributed by atoms with E-state index < -0.39 is 0 Å². The van der Waals surface area contributed by atoms with Gasteiger partial charge in [0, 0.05) is 14.9 Å². The van der Waals surface area contributed by atoms with Gasteiger partial charge in [-0.25, -0.2) is 0 Å². The van der Waals surface area contributed by atoms with Gasteiger partial charge in [0.05, 0.1) is 5.69 Å². The Morgan fingerprint density at radius 3 is 2.41 bits per heavy atom. The van der Waals surface area contributed by atoms with Crippen molar-refractivity contribution in [3.63, 3.8) is 0 Å². The van der Waals surface area contributed by atoms with E-state index in [0.29, 0.717) is 11.2 Å². The molecule has 0 aliphatic heterocycles. The van der Waals surface area contributed by atoms with E-state index in [2.05, 4.69) is 42.1 Å². The quantitative estimate of drug-likeness (QED) is 0.780. The SMILES string of the molecule is Clc1nnc(C2CC2)n1-c1c(Br)cccc1Br. The fraction of sp³-hybridized carbons (Fsp3) is 0.273. The lowest BCUT2D eigenvalue weighted by atomic mass is 10.3. The van der Waals surface area contributed by atoms with Gasteiger partial charge in [0.2, 0.25) is 5.28 Å². The molecule has 1 aromatic carbocycles. The highest BCUT2D eigenvalue weighted by Crippen LogP contribution is 2.42. The van der Waals surface area contributed by atoms with Crippen LogP contribution in [0.2, 0.25) is 5.28 Å². The van der Waals surface area contributed by atoms with E-state index in [1.807, 2.05) is 22.8 Å². The molecular weight excluding hydrogens is 369 g/mol. The molecule has 0 saturated heterocycles. The van der Waals surface area contributed by atoms with Crippen molar-refractivity contribution >= 4 is 43.5 Å². The zero-order chi connectivity index (χ0) is 12.0. The predicted molar refractivity (Wildman–Crippen MR) is 73.7 cm³/mol. The monoisotopic (exact) mass is 375 g/mol. The molecule has 17 heavy (non-hydrogen) atoms. The van der Waals surface area contributed by atoms with Crippen LogP contribution >= 0.6 is 43.5 Å². The number of nitrogens with zero attached hydrogens (tertiary/aromatic N) is 3. The van der Waals surface area contributed by atoms with Gasteiger partial charge in [0.1, 0.15) is 5.82 Å². The van der Waals surface area contributed by atoms with Crippen molar-refractivity contribution in [1.29, 1.82) is 0 Å². The molecule has 0 amide bonds. The minimum atomic E-state index is 0.402. The summed E-state index contributed by atoms with van der Waals surface area (Å²) >= 11 is 13.2. The highest BCUT2D eigenvalue weighted by molar-refractivity contribution is 9.11. The Balaban J connectivity index is 2.24. The highest BCUT2D eigenvalue weighted by Gasteiger charge is 2.31. The predicted octanol–water partition coefficient (Wildman–Crippen LogP) is 4.32. The Bertz CT molecular complexity index is 558. The van der Waals surface area contributed by atoms with Gasteiger partial charge in [-0.1, -0.05) is 6.07 Å². The first-order valence-corrected chi connectivity index (χ1v) is 7.20. The molecule has 0 bridgehead atoms. The number of rotatable bonds is 2. The topological polar surface area (TPSA) is 30.7 Å². The molecule has 1 heterocycles. The number of halogens is 3. The first-order valence-electron chi connectivity index (χ1n) is 5.23. The van der Waals surface area contributed by atoms with Gasteiger partial charge in [0.25, 0.3) is 0 Å². The molecule has 0 N–H and O–H groups in total. The van der Waals surface area contributed by atoms with Gasteiger partial charge in [-0.15, -0.1) is 10.2 Å². The first-order chi connectivity index (χ1) is 8.18. The first kappa shape index (κ1) is 11.7. The molecule has 2 aromatic rings. The van der Waals surface area contributed by atoms with Crippen LogP contribution in [0.1, 0.15) is 24.6 Å². The van der Waals surface area contributed by atoms with Crippen molar-refractivity contribution in [2.24, 2.45) is 0 Å². The van der Waals surface area contributed by atoms with Crippen LogP contribution < -0.4 is 0 Å². The van der Waals surface area contributed by atoms with E-state index in [4.69, 9.17) is 11.6 Å². The second-order valence-electron chi connectivity index (χ2n) is 4.01. The van der Waals surface area contributed by atoms with Crippen molar-refractivity contribution in [3.8, 4) is 5.69 Å². The average molecular weight is 377 g/mol. The molecular formula is C11H8Br2ClN3. The third-order valence-electron chi connectivity index (χ3n) is 2.75. The molecule has 1 aromatic heterocycles. The summed E-state index contributed by atoms with van der Waals surface area (Å²) < 4.78 is 3.85.